The largest absolute Gasteiger partial charge is 0.480 e. The first-order valence-electron chi connectivity index (χ1n) is 5.71. The van der Waals surface area contributed by atoms with Crippen molar-refractivity contribution in [1.82, 2.24) is 15.6 Å². The van der Waals surface area contributed by atoms with Crippen molar-refractivity contribution in [2.45, 2.75) is 19.5 Å². The number of carbonyl (C=O) groups is 2. The van der Waals surface area contributed by atoms with Crippen molar-refractivity contribution in [2.24, 2.45) is 0 Å². The van der Waals surface area contributed by atoms with Gasteiger partial charge in [0.05, 0.1) is 18.8 Å². The molecule has 0 fully saturated rings. The van der Waals surface area contributed by atoms with Crippen molar-refractivity contribution in [2.75, 3.05) is 13.7 Å². The van der Waals surface area contributed by atoms with Crippen molar-refractivity contribution in [1.29, 1.82) is 0 Å². The number of aromatic nitrogens is 1. The summed E-state index contributed by atoms with van der Waals surface area (Å²) in [6, 6.07) is 2.04. The molecular formula is C12H17N3O4. The highest BCUT2D eigenvalue weighted by Gasteiger charge is 2.19. The van der Waals surface area contributed by atoms with Gasteiger partial charge in [0.2, 0.25) is 0 Å². The third-order valence-corrected chi connectivity index (χ3v) is 2.47. The Morgan fingerprint density at radius 1 is 1.53 bits per heavy atom. The fourth-order valence-electron chi connectivity index (χ4n) is 1.42. The number of hydrogen-bond donors (Lipinski definition) is 3. The summed E-state index contributed by atoms with van der Waals surface area (Å²) < 4.78 is 4.71. The van der Waals surface area contributed by atoms with Gasteiger partial charge in [-0.25, -0.2) is 9.59 Å². The Morgan fingerprint density at radius 2 is 2.26 bits per heavy atom. The molecule has 104 valence electrons. The summed E-state index contributed by atoms with van der Waals surface area (Å²) >= 11 is 0. The predicted octanol–water partition coefficient (Wildman–Crippen LogP) is 0.289. The normalized spacial score (nSPS) is 11.7. The van der Waals surface area contributed by atoms with E-state index < -0.39 is 18.0 Å². The minimum absolute atomic E-state index is 0.0919. The predicted molar refractivity (Wildman–Crippen MR) is 67.6 cm³/mol. The van der Waals surface area contributed by atoms with Crippen LogP contribution in [0.4, 0.5) is 4.79 Å². The number of aryl methyl sites for hydroxylation is 1. The molecule has 1 aromatic heterocycles. The Morgan fingerprint density at radius 3 is 2.84 bits per heavy atom. The van der Waals surface area contributed by atoms with Gasteiger partial charge < -0.3 is 20.5 Å². The van der Waals surface area contributed by atoms with Gasteiger partial charge in [0, 0.05) is 13.3 Å². The minimum Gasteiger partial charge on any atom is -0.480 e. The Balaban J connectivity index is 2.47. The van der Waals surface area contributed by atoms with Crippen LogP contribution in [0, 0.1) is 6.92 Å². The lowest BCUT2D eigenvalue weighted by Crippen LogP contribution is -2.48. The first-order chi connectivity index (χ1) is 9.04. The lowest BCUT2D eigenvalue weighted by molar-refractivity contribution is -0.140. The summed E-state index contributed by atoms with van der Waals surface area (Å²) in [5.74, 6) is -1.15. The number of carbonyl (C=O) groups excluding carboxylic acids is 1. The first kappa shape index (κ1) is 14.9. The number of amides is 2. The summed E-state index contributed by atoms with van der Waals surface area (Å²) in [6.45, 7) is 2.02. The molecule has 0 saturated carbocycles. The van der Waals surface area contributed by atoms with E-state index in [1.165, 1.54) is 7.11 Å². The summed E-state index contributed by atoms with van der Waals surface area (Å²) in [4.78, 5) is 26.5. The number of urea groups is 1. The Labute approximate surface area is 111 Å². The van der Waals surface area contributed by atoms with E-state index >= 15 is 0 Å². The molecule has 0 aromatic carbocycles. The summed E-state index contributed by atoms with van der Waals surface area (Å²) in [7, 11) is 1.37. The second kappa shape index (κ2) is 7.32. The lowest BCUT2D eigenvalue weighted by Gasteiger charge is -2.14. The maximum atomic E-state index is 11.5. The van der Waals surface area contributed by atoms with Gasteiger partial charge in [-0.1, -0.05) is 6.07 Å². The molecule has 2 amide bonds. The molecule has 0 bridgehead atoms. The van der Waals surface area contributed by atoms with Gasteiger partial charge >= 0.3 is 12.0 Å². The average Bonchev–Trinajstić information content (AvgIpc) is 2.37. The molecule has 1 heterocycles. The number of pyridine rings is 1. The fourth-order valence-corrected chi connectivity index (χ4v) is 1.42. The van der Waals surface area contributed by atoms with E-state index in [1.807, 2.05) is 13.0 Å². The number of aliphatic carboxylic acids is 1. The number of hydrogen-bond acceptors (Lipinski definition) is 4. The Hall–Kier alpha value is -2.15. The van der Waals surface area contributed by atoms with E-state index in [9.17, 15) is 9.59 Å². The number of nitrogens with zero attached hydrogens (tertiary/aromatic N) is 1. The summed E-state index contributed by atoms with van der Waals surface area (Å²) in [6.07, 6.45) is 1.63. The molecule has 19 heavy (non-hydrogen) atoms. The van der Waals surface area contributed by atoms with Gasteiger partial charge in [-0.05, 0) is 18.6 Å². The van der Waals surface area contributed by atoms with Crippen LogP contribution < -0.4 is 10.6 Å². The molecule has 0 aliphatic rings. The second-order valence-corrected chi connectivity index (χ2v) is 3.94. The van der Waals surface area contributed by atoms with Gasteiger partial charge in [0.1, 0.15) is 0 Å². The third-order valence-electron chi connectivity index (χ3n) is 2.47. The zero-order valence-corrected chi connectivity index (χ0v) is 10.8. The quantitative estimate of drug-likeness (QED) is 0.687. The molecule has 3 N–H and O–H groups in total. The second-order valence-electron chi connectivity index (χ2n) is 3.94. The molecule has 7 heteroatoms. The van der Waals surface area contributed by atoms with Crippen LogP contribution >= 0.6 is 0 Å². The van der Waals surface area contributed by atoms with Crippen LogP contribution in [0.1, 0.15) is 11.3 Å². The molecule has 7 nitrogen and oxygen atoms in total. The van der Waals surface area contributed by atoms with Crippen molar-refractivity contribution in [3.63, 3.8) is 0 Å². The van der Waals surface area contributed by atoms with Crippen LogP contribution in [0.25, 0.3) is 0 Å². The smallest absolute Gasteiger partial charge is 0.328 e. The molecular weight excluding hydrogens is 250 g/mol. The number of methoxy groups -OCH3 is 1. The van der Waals surface area contributed by atoms with Crippen LogP contribution in [0.3, 0.4) is 0 Å². The molecule has 0 spiro atoms. The molecule has 0 radical (unpaired) electrons. The highest BCUT2D eigenvalue weighted by molar-refractivity contribution is 5.82. The standard InChI is InChI=1S/C12H17N3O4/c1-8-4-3-5-13-9(8)6-14-12(18)15-10(7-19-2)11(16)17/h3-5,10H,6-7H2,1-2H3,(H,16,17)(H2,14,15,18). The zero-order valence-electron chi connectivity index (χ0n) is 10.8. The maximum absolute atomic E-state index is 11.5. The van der Waals surface area contributed by atoms with Crippen LogP contribution in [-0.4, -0.2) is 41.8 Å². The lowest BCUT2D eigenvalue weighted by atomic mass is 10.2. The van der Waals surface area contributed by atoms with E-state index in [4.69, 9.17) is 9.84 Å². The topological polar surface area (TPSA) is 101 Å². The number of rotatable bonds is 6. The van der Waals surface area contributed by atoms with Crippen LogP contribution in [-0.2, 0) is 16.1 Å². The van der Waals surface area contributed by atoms with Crippen LogP contribution in [0.15, 0.2) is 18.3 Å². The fraction of sp³-hybridized carbons (Fsp3) is 0.417. The van der Waals surface area contributed by atoms with E-state index in [2.05, 4.69) is 15.6 Å². The van der Waals surface area contributed by atoms with Gasteiger partial charge in [-0.2, -0.15) is 0 Å². The highest BCUT2D eigenvalue weighted by Crippen LogP contribution is 2.01. The number of carboxylic acid groups (broad SMARTS) is 1. The molecule has 0 saturated heterocycles. The molecule has 1 atom stereocenters. The van der Waals surface area contributed by atoms with Crippen LogP contribution in [0.5, 0.6) is 0 Å². The summed E-state index contributed by atoms with van der Waals surface area (Å²) in [5, 5.41) is 13.7. The Bertz CT molecular complexity index is 450. The van der Waals surface area contributed by atoms with Gasteiger partial charge in [-0.3, -0.25) is 4.98 Å². The van der Waals surface area contributed by atoms with Crippen molar-refractivity contribution in [3.8, 4) is 0 Å². The van der Waals surface area contributed by atoms with Crippen molar-refractivity contribution >= 4 is 12.0 Å². The zero-order chi connectivity index (χ0) is 14.3. The monoisotopic (exact) mass is 267 g/mol. The van der Waals surface area contributed by atoms with E-state index in [-0.39, 0.29) is 13.2 Å². The molecule has 0 aliphatic carbocycles. The highest BCUT2D eigenvalue weighted by atomic mass is 16.5. The first-order valence-corrected chi connectivity index (χ1v) is 5.71. The summed E-state index contributed by atoms with van der Waals surface area (Å²) in [5.41, 5.74) is 1.69. The minimum atomic E-state index is -1.15. The number of carboxylic acids is 1. The SMILES string of the molecule is COCC(NC(=O)NCc1ncccc1C)C(=O)O. The van der Waals surface area contributed by atoms with Crippen molar-refractivity contribution in [3.05, 3.63) is 29.6 Å². The van der Waals surface area contributed by atoms with E-state index in [1.54, 1.807) is 12.3 Å². The molecule has 1 aromatic rings. The third kappa shape index (κ3) is 4.92. The van der Waals surface area contributed by atoms with Gasteiger partial charge in [-0.15, -0.1) is 0 Å². The van der Waals surface area contributed by atoms with Gasteiger partial charge in [0.15, 0.2) is 6.04 Å². The van der Waals surface area contributed by atoms with Crippen LogP contribution in [0.2, 0.25) is 0 Å². The number of nitrogens with one attached hydrogen (secondary N) is 2. The average molecular weight is 267 g/mol. The van der Waals surface area contributed by atoms with E-state index in [0.717, 1.165) is 11.3 Å². The molecule has 0 aliphatic heterocycles. The Kier molecular flexibility index (Phi) is 5.74. The van der Waals surface area contributed by atoms with E-state index in [0.29, 0.717) is 0 Å². The molecule has 1 unspecified atom stereocenters. The number of ether oxygens (including phenoxy) is 1. The molecule has 1 rings (SSSR count). The van der Waals surface area contributed by atoms with Crippen molar-refractivity contribution < 1.29 is 19.4 Å². The maximum Gasteiger partial charge on any atom is 0.328 e. The van der Waals surface area contributed by atoms with Gasteiger partial charge in [0.25, 0.3) is 0 Å².